The Morgan fingerprint density at radius 1 is 1.31 bits per heavy atom. The van der Waals surface area contributed by atoms with Gasteiger partial charge in [-0.3, -0.25) is 0 Å². The third kappa shape index (κ3) is 2.22. The third-order valence-corrected chi connectivity index (χ3v) is 2.40. The Morgan fingerprint density at radius 2 is 2.00 bits per heavy atom. The largest absolute Gasteiger partial charge is 0.508 e. The van der Waals surface area contributed by atoms with Crippen LogP contribution in [-0.4, -0.2) is 11.7 Å². The second-order valence-corrected chi connectivity index (χ2v) is 3.29. The molecule has 1 aromatic carbocycles. The second kappa shape index (κ2) is 4.28. The zero-order chi connectivity index (χ0) is 9.84. The van der Waals surface area contributed by atoms with Crippen LogP contribution in [0.1, 0.15) is 23.6 Å². The molecule has 0 saturated carbocycles. The molecule has 0 aliphatic heterocycles. The highest BCUT2D eigenvalue weighted by atomic mass is 16.3. The fourth-order valence-corrected chi connectivity index (χ4v) is 1.33. The summed E-state index contributed by atoms with van der Waals surface area (Å²) >= 11 is 0. The zero-order valence-corrected chi connectivity index (χ0v) is 8.52. The Balaban J connectivity index is 2.96. The van der Waals surface area contributed by atoms with Crippen LogP contribution in [0.4, 0.5) is 0 Å². The first kappa shape index (κ1) is 10.1. The quantitative estimate of drug-likeness (QED) is 0.745. The lowest BCUT2D eigenvalue weighted by Crippen LogP contribution is -2.13. The third-order valence-electron chi connectivity index (χ3n) is 2.40. The molecule has 0 radical (unpaired) electrons. The van der Waals surface area contributed by atoms with Crippen molar-refractivity contribution in [1.82, 2.24) is 5.32 Å². The molecule has 0 amide bonds. The van der Waals surface area contributed by atoms with Crippen LogP contribution in [-0.2, 0) is 6.54 Å². The number of benzene rings is 1. The molecule has 0 saturated heterocycles. The number of phenols is 1. The van der Waals surface area contributed by atoms with Crippen molar-refractivity contribution in [2.75, 3.05) is 6.54 Å². The van der Waals surface area contributed by atoms with E-state index in [1.807, 2.05) is 13.0 Å². The van der Waals surface area contributed by atoms with Crippen molar-refractivity contribution in [1.29, 1.82) is 0 Å². The minimum atomic E-state index is 0.393. The zero-order valence-electron chi connectivity index (χ0n) is 8.52. The van der Waals surface area contributed by atoms with Crippen molar-refractivity contribution in [3.8, 4) is 5.75 Å². The summed E-state index contributed by atoms with van der Waals surface area (Å²) in [6.45, 7) is 7.83. The standard InChI is InChI=1S/C11H17NO/c1-4-12-7-10-9(3)8(2)5-6-11(10)13/h5-6,12-13H,4,7H2,1-3H3. The smallest absolute Gasteiger partial charge is 0.120 e. The van der Waals surface area contributed by atoms with E-state index in [4.69, 9.17) is 0 Å². The molecule has 2 N–H and O–H groups in total. The first-order valence-corrected chi connectivity index (χ1v) is 4.65. The van der Waals surface area contributed by atoms with Gasteiger partial charge < -0.3 is 10.4 Å². The Bertz CT molecular complexity index is 294. The van der Waals surface area contributed by atoms with Crippen LogP contribution in [0.3, 0.4) is 0 Å². The van der Waals surface area contributed by atoms with Crippen molar-refractivity contribution in [3.63, 3.8) is 0 Å². The van der Waals surface area contributed by atoms with Crippen LogP contribution in [0.2, 0.25) is 0 Å². The van der Waals surface area contributed by atoms with Gasteiger partial charge in [0.2, 0.25) is 0 Å². The lowest BCUT2D eigenvalue weighted by molar-refractivity contribution is 0.464. The summed E-state index contributed by atoms with van der Waals surface area (Å²) in [5.74, 6) is 0.393. The molecule has 1 aromatic rings. The Morgan fingerprint density at radius 3 is 2.62 bits per heavy atom. The fraction of sp³-hybridized carbons (Fsp3) is 0.455. The lowest BCUT2D eigenvalue weighted by atomic mass is 10.0. The molecule has 0 aliphatic carbocycles. The van der Waals surface area contributed by atoms with Crippen LogP contribution in [0.15, 0.2) is 12.1 Å². The molecule has 13 heavy (non-hydrogen) atoms. The average molecular weight is 179 g/mol. The number of hydrogen-bond acceptors (Lipinski definition) is 2. The normalized spacial score (nSPS) is 10.4. The number of rotatable bonds is 3. The molecule has 2 nitrogen and oxygen atoms in total. The van der Waals surface area contributed by atoms with Gasteiger partial charge in [0.15, 0.2) is 0 Å². The summed E-state index contributed by atoms with van der Waals surface area (Å²) in [5.41, 5.74) is 3.42. The van der Waals surface area contributed by atoms with E-state index in [0.29, 0.717) is 5.75 Å². The van der Waals surface area contributed by atoms with Crippen LogP contribution < -0.4 is 5.32 Å². The van der Waals surface area contributed by atoms with E-state index in [1.54, 1.807) is 6.07 Å². The molecule has 0 bridgehead atoms. The predicted octanol–water partition coefficient (Wildman–Crippen LogP) is 2.12. The maximum absolute atomic E-state index is 9.60. The molecule has 0 fully saturated rings. The summed E-state index contributed by atoms with van der Waals surface area (Å²) < 4.78 is 0. The number of aromatic hydroxyl groups is 1. The summed E-state index contributed by atoms with van der Waals surface area (Å²) in [4.78, 5) is 0. The van der Waals surface area contributed by atoms with E-state index in [2.05, 4.69) is 19.2 Å². The minimum absolute atomic E-state index is 0.393. The molecule has 0 heterocycles. The molecule has 0 atom stereocenters. The Labute approximate surface area is 79.6 Å². The number of hydrogen-bond donors (Lipinski definition) is 2. The molecule has 1 rings (SSSR count). The van der Waals surface area contributed by atoms with Crippen LogP contribution in [0.5, 0.6) is 5.75 Å². The van der Waals surface area contributed by atoms with Gasteiger partial charge in [-0.1, -0.05) is 13.0 Å². The summed E-state index contributed by atoms with van der Waals surface area (Å²) in [7, 11) is 0. The molecule has 0 aromatic heterocycles. The second-order valence-electron chi connectivity index (χ2n) is 3.29. The topological polar surface area (TPSA) is 32.3 Å². The summed E-state index contributed by atoms with van der Waals surface area (Å²) in [6, 6.07) is 3.70. The van der Waals surface area contributed by atoms with Gasteiger partial charge in [0, 0.05) is 12.1 Å². The number of phenolic OH excluding ortho intramolecular Hbond substituents is 1. The van der Waals surface area contributed by atoms with Gasteiger partial charge in [-0.25, -0.2) is 0 Å². The van der Waals surface area contributed by atoms with E-state index < -0.39 is 0 Å². The van der Waals surface area contributed by atoms with E-state index in [-0.39, 0.29) is 0 Å². The van der Waals surface area contributed by atoms with Crippen molar-refractivity contribution < 1.29 is 5.11 Å². The van der Waals surface area contributed by atoms with Gasteiger partial charge >= 0.3 is 0 Å². The molecular weight excluding hydrogens is 162 g/mol. The monoisotopic (exact) mass is 179 g/mol. The van der Waals surface area contributed by atoms with Gasteiger partial charge in [0.05, 0.1) is 0 Å². The summed E-state index contributed by atoms with van der Waals surface area (Å²) in [5, 5.41) is 12.8. The molecular formula is C11H17NO. The fourth-order valence-electron chi connectivity index (χ4n) is 1.33. The van der Waals surface area contributed by atoms with E-state index in [1.165, 1.54) is 11.1 Å². The molecule has 0 aliphatic rings. The van der Waals surface area contributed by atoms with Crippen LogP contribution in [0, 0.1) is 13.8 Å². The van der Waals surface area contributed by atoms with E-state index >= 15 is 0 Å². The maximum Gasteiger partial charge on any atom is 0.120 e. The lowest BCUT2D eigenvalue weighted by Gasteiger charge is -2.10. The average Bonchev–Trinajstić information content (AvgIpc) is 2.12. The van der Waals surface area contributed by atoms with Crippen LogP contribution in [0.25, 0.3) is 0 Å². The highest BCUT2D eigenvalue weighted by molar-refractivity contribution is 5.42. The maximum atomic E-state index is 9.60. The molecule has 2 heteroatoms. The predicted molar refractivity (Wildman–Crippen MR) is 55.0 cm³/mol. The van der Waals surface area contributed by atoms with Crippen LogP contribution >= 0.6 is 0 Å². The van der Waals surface area contributed by atoms with Gasteiger partial charge in [-0.2, -0.15) is 0 Å². The van der Waals surface area contributed by atoms with Gasteiger partial charge in [0.25, 0.3) is 0 Å². The first-order chi connectivity index (χ1) is 6.16. The highest BCUT2D eigenvalue weighted by Gasteiger charge is 2.05. The highest BCUT2D eigenvalue weighted by Crippen LogP contribution is 2.23. The molecule has 0 unspecified atom stereocenters. The molecule has 0 spiro atoms. The Kier molecular flexibility index (Phi) is 3.32. The SMILES string of the molecule is CCNCc1c(O)ccc(C)c1C. The van der Waals surface area contributed by atoms with Gasteiger partial charge in [0.1, 0.15) is 5.75 Å². The molecule has 72 valence electrons. The van der Waals surface area contributed by atoms with Crippen molar-refractivity contribution in [2.24, 2.45) is 0 Å². The van der Waals surface area contributed by atoms with Gasteiger partial charge in [-0.15, -0.1) is 0 Å². The van der Waals surface area contributed by atoms with Crippen molar-refractivity contribution >= 4 is 0 Å². The number of aryl methyl sites for hydroxylation is 1. The Hall–Kier alpha value is -1.02. The number of nitrogens with one attached hydrogen (secondary N) is 1. The summed E-state index contributed by atoms with van der Waals surface area (Å²) in [6.07, 6.45) is 0. The minimum Gasteiger partial charge on any atom is -0.508 e. The van der Waals surface area contributed by atoms with E-state index in [9.17, 15) is 5.11 Å². The van der Waals surface area contributed by atoms with Gasteiger partial charge in [-0.05, 0) is 37.6 Å². The first-order valence-electron chi connectivity index (χ1n) is 4.65. The van der Waals surface area contributed by atoms with Crippen molar-refractivity contribution in [2.45, 2.75) is 27.3 Å². The van der Waals surface area contributed by atoms with Crippen molar-refractivity contribution in [3.05, 3.63) is 28.8 Å². The van der Waals surface area contributed by atoms with E-state index in [0.717, 1.165) is 18.7 Å².